The third-order valence-corrected chi connectivity index (χ3v) is 4.97. The Bertz CT molecular complexity index is 731. The maximum atomic E-state index is 12.6. The molecular formula is C20H27N3O3. The molecule has 1 aliphatic heterocycles. The number of rotatable bonds is 6. The van der Waals surface area contributed by atoms with Gasteiger partial charge in [-0.3, -0.25) is 4.79 Å². The summed E-state index contributed by atoms with van der Waals surface area (Å²) in [5.41, 5.74) is 2.29. The van der Waals surface area contributed by atoms with Crippen molar-refractivity contribution in [3.05, 3.63) is 46.8 Å². The summed E-state index contributed by atoms with van der Waals surface area (Å²) >= 11 is 0. The topological polar surface area (TPSA) is 67.6 Å². The number of aromatic nitrogens is 1. The van der Waals surface area contributed by atoms with Gasteiger partial charge in [0.25, 0.3) is 5.91 Å². The molecule has 0 spiro atoms. The van der Waals surface area contributed by atoms with Crippen LogP contribution in [0.4, 0.5) is 0 Å². The number of aryl methyl sites for hydroxylation is 2. The highest BCUT2D eigenvalue weighted by Gasteiger charge is 2.24. The van der Waals surface area contributed by atoms with Gasteiger partial charge in [-0.1, -0.05) is 24.2 Å². The number of carbonyl (C=O) groups is 1. The van der Waals surface area contributed by atoms with Crippen LogP contribution in [0.15, 0.2) is 28.8 Å². The lowest BCUT2D eigenvalue weighted by atomic mass is 10.1. The van der Waals surface area contributed by atoms with Crippen molar-refractivity contribution in [2.45, 2.75) is 45.8 Å². The first-order chi connectivity index (χ1) is 12.6. The van der Waals surface area contributed by atoms with E-state index < -0.39 is 0 Å². The Morgan fingerprint density at radius 1 is 1.31 bits per heavy atom. The van der Waals surface area contributed by atoms with Crippen LogP contribution in [0.2, 0.25) is 0 Å². The number of ether oxygens (including phenoxy) is 1. The summed E-state index contributed by atoms with van der Waals surface area (Å²) < 4.78 is 11.1. The van der Waals surface area contributed by atoms with Crippen molar-refractivity contribution >= 4 is 5.91 Å². The van der Waals surface area contributed by atoms with E-state index in [0.29, 0.717) is 17.0 Å². The minimum absolute atomic E-state index is 0.184. The molecule has 1 aliphatic rings. The van der Waals surface area contributed by atoms with E-state index in [9.17, 15) is 4.79 Å². The maximum Gasteiger partial charge on any atom is 0.274 e. The van der Waals surface area contributed by atoms with Gasteiger partial charge in [0, 0.05) is 6.04 Å². The second-order valence-electron chi connectivity index (χ2n) is 6.90. The van der Waals surface area contributed by atoms with Crippen molar-refractivity contribution < 1.29 is 14.1 Å². The fraction of sp³-hybridized carbons (Fsp3) is 0.500. The molecule has 2 aromatic rings. The monoisotopic (exact) mass is 357 g/mol. The van der Waals surface area contributed by atoms with E-state index in [1.54, 1.807) is 6.92 Å². The van der Waals surface area contributed by atoms with Gasteiger partial charge in [0.2, 0.25) is 0 Å². The van der Waals surface area contributed by atoms with Gasteiger partial charge < -0.3 is 19.5 Å². The Balaban J connectivity index is 1.63. The van der Waals surface area contributed by atoms with Gasteiger partial charge in [-0.15, -0.1) is 0 Å². The highest BCUT2D eigenvalue weighted by atomic mass is 16.5. The van der Waals surface area contributed by atoms with E-state index in [4.69, 9.17) is 9.26 Å². The van der Waals surface area contributed by atoms with Crippen molar-refractivity contribution in [1.29, 1.82) is 0 Å². The number of piperidine rings is 1. The van der Waals surface area contributed by atoms with E-state index in [-0.39, 0.29) is 18.6 Å². The largest absolute Gasteiger partial charge is 0.489 e. The first kappa shape index (κ1) is 18.5. The molecular weight excluding hydrogens is 330 g/mol. The van der Waals surface area contributed by atoms with Crippen molar-refractivity contribution in [3.8, 4) is 5.75 Å². The zero-order valence-electron chi connectivity index (χ0n) is 15.7. The van der Waals surface area contributed by atoms with Crippen LogP contribution in [-0.4, -0.2) is 42.1 Å². The van der Waals surface area contributed by atoms with Crippen molar-refractivity contribution in [3.63, 3.8) is 0 Å². The van der Waals surface area contributed by atoms with Crippen LogP contribution in [0, 0.1) is 6.92 Å². The number of hydrogen-bond donors (Lipinski definition) is 1. The number of amides is 1. The quantitative estimate of drug-likeness (QED) is 0.861. The third-order valence-electron chi connectivity index (χ3n) is 4.97. The zero-order valence-corrected chi connectivity index (χ0v) is 15.7. The van der Waals surface area contributed by atoms with Gasteiger partial charge in [-0.05, 0) is 64.0 Å². The van der Waals surface area contributed by atoms with Gasteiger partial charge in [0.1, 0.15) is 18.1 Å². The molecule has 0 atom stereocenters. The number of carbonyl (C=O) groups excluding carboxylic acids is 1. The van der Waals surface area contributed by atoms with Crippen molar-refractivity contribution in [1.82, 2.24) is 15.4 Å². The Kier molecular flexibility index (Phi) is 5.93. The highest BCUT2D eigenvalue weighted by Crippen LogP contribution is 2.19. The van der Waals surface area contributed by atoms with E-state index >= 15 is 0 Å². The summed E-state index contributed by atoms with van der Waals surface area (Å²) in [4.78, 5) is 14.9. The minimum Gasteiger partial charge on any atom is -0.489 e. The molecule has 0 aliphatic carbocycles. The smallest absolute Gasteiger partial charge is 0.274 e. The summed E-state index contributed by atoms with van der Waals surface area (Å²) in [6, 6.07) is 8.17. The van der Waals surface area contributed by atoms with Crippen LogP contribution in [-0.2, 0) is 13.0 Å². The predicted molar refractivity (Wildman–Crippen MR) is 99.4 cm³/mol. The standard InChI is InChI=1S/C20H27N3O3/c1-4-15-5-7-17(8-6-15)25-13-18-14(2)26-22-19(18)20(24)21-16-9-11-23(3)12-10-16/h5-8,16H,4,9-13H2,1-3H3,(H,21,24). The molecule has 1 amide bonds. The van der Waals surface area contributed by atoms with Gasteiger partial charge in [-0.2, -0.15) is 0 Å². The van der Waals surface area contributed by atoms with Crippen LogP contribution < -0.4 is 10.1 Å². The molecule has 0 radical (unpaired) electrons. The second-order valence-corrected chi connectivity index (χ2v) is 6.90. The van der Waals surface area contributed by atoms with Crippen LogP contribution in [0.5, 0.6) is 5.75 Å². The molecule has 140 valence electrons. The summed E-state index contributed by atoms with van der Waals surface area (Å²) in [6.45, 7) is 6.17. The number of hydrogen-bond acceptors (Lipinski definition) is 5. The van der Waals surface area contributed by atoms with E-state index in [0.717, 1.165) is 38.1 Å². The van der Waals surface area contributed by atoms with Gasteiger partial charge in [0.15, 0.2) is 5.69 Å². The molecule has 3 rings (SSSR count). The van der Waals surface area contributed by atoms with E-state index in [1.165, 1.54) is 5.56 Å². The average Bonchev–Trinajstić information content (AvgIpc) is 3.03. The Hall–Kier alpha value is -2.34. The molecule has 6 nitrogen and oxygen atoms in total. The normalized spacial score (nSPS) is 15.8. The molecule has 0 unspecified atom stereocenters. The number of nitrogens with zero attached hydrogens (tertiary/aromatic N) is 2. The number of nitrogens with one attached hydrogen (secondary N) is 1. The fourth-order valence-corrected chi connectivity index (χ4v) is 3.12. The van der Waals surface area contributed by atoms with Crippen molar-refractivity contribution in [2.75, 3.05) is 20.1 Å². The lowest BCUT2D eigenvalue weighted by Gasteiger charge is -2.29. The molecule has 2 heterocycles. The lowest BCUT2D eigenvalue weighted by Crippen LogP contribution is -2.43. The lowest BCUT2D eigenvalue weighted by molar-refractivity contribution is 0.0905. The number of benzene rings is 1. The molecule has 26 heavy (non-hydrogen) atoms. The molecule has 6 heteroatoms. The predicted octanol–water partition coefficient (Wildman–Crippen LogP) is 2.95. The maximum absolute atomic E-state index is 12.6. The summed E-state index contributed by atoms with van der Waals surface area (Å²) in [6.07, 6.45) is 2.90. The molecule has 1 saturated heterocycles. The van der Waals surface area contributed by atoms with E-state index in [1.807, 2.05) is 24.3 Å². The zero-order chi connectivity index (χ0) is 18.5. The van der Waals surface area contributed by atoms with Gasteiger partial charge >= 0.3 is 0 Å². The van der Waals surface area contributed by atoms with E-state index in [2.05, 4.69) is 29.3 Å². The molecule has 1 N–H and O–H groups in total. The minimum atomic E-state index is -0.184. The Morgan fingerprint density at radius 3 is 2.65 bits per heavy atom. The van der Waals surface area contributed by atoms with Crippen LogP contribution in [0.3, 0.4) is 0 Å². The van der Waals surface area contributed by atoms with Crippen LogP contribution >= 0.6 is 0 Å². The van der Waals surface area contributed by atoms with Gasteiger partial charge in [0.05, 0.1) is 5.56 Å². The first-order valence-electron chi connectivity index (χ1n) is 9.23. The number of likely N-dealkylation sites (tertiary alicyclic amines) is 1. The fourth-order valence-electron chi connectivity index (χ4n) is 3.12. The first-order valence-corrected chi connectivity index (χ1v) is 9.23. The van der Waals surface area contributed by atoms with Crippen LogP contribution in [0.25, 0.3) is 0 Å². The molecule has 1 fully saturated rings. The summed E-state index contributed by atoms with van der Waals surface area (Å²) in [7, 11) is 2.10. The second kappa shape index (κ2) is 8.36. The SMILES string of the molecule is CCc1ccc(OCc2c(C(=O)NC3CCN(C)CC3)noc2C)cc1. The molecule has 0 saturated carbocycles. The molecule has 1 aromatic heterocycles. The highest BCUT2D eigenvalue weighted by molar-refractivity contribution is 5.94. The summed E-state index contributed by atoms with van der Waals surface area (Å²) in [5, 5.41) is 7.04. The molecule has 1 aromatic carbocycles. The Morgan fingerprint density at radius 2 is 2.00 bits per heavy atom. The van der Waals surface area contributed by atoms with Crippen molar-refractivity contribution in [2.24, 2.45) is 0 Å². The molecule has 0 bridgehead atoms. The summed E-state index contributed by atoms with van der Waals surface area (Å²) in [5.74, 6) is 1.20. The van der Waals surface area contributed by atoms with Gasteiger partial charge in [-0.25, -0.2) is 0 Å². The average molecular weight is 357 g/mol. The third kappa shape index (κ3) is 4.43. The Labute approximate surface area is 154 Å². The van der Waals surface area contributed by atoms with Crippen LogP contribution in [0.1, 0.15) is 47.1 Å².